The molecule has 0 unspecified atom stereocenters. The molecule has 2 heterocycles. The zero-order chi connectivity index (χ0) is 18.4. The largest absolute Gasteiger partial charge is 0.493 e. The van der Waals surface area contributed by atoms with Crippen LogP contribution < -0.4 is 10.5 Å². The van der Waals surface area contributed by atoms with Gasteiger partial charge < -0.3 is 20.3 Å². The Hall–Kier alpha value is -1.59. The number of nitrogens with two attached hydrogens (primary N) is 1. The Kier molecular flexibility index (Phi) is 6.92. The van der Waals surface area contributed by atoms with Crippen molar-refractivity contribution < 1.29 is 9.53 Å². The fourth-order valence-corrected chi connectivity index (χ4v) is 4.07. The van der Waals surface area contributed by atoms with Gasteiger partial charge in [0.15, 0.2) is 0 Å². The minimum Gasteiger partial charge on any atom is -0.493 e. The van der Waals surface area contributed by atoms with Crippen molar-refractivity contribution in [3.05, 3.63) is 29.3 Å². The van der Waals surface area contributed by atoms with Crippen molar-refractivity contribution >= 4 is 5.91 Å². The first-order chi connectivity index (χ1) is 12.7. The lowest BCUT2D eigenvalue weighted by Gasteiger charge is -2.38. The third-order valence-corrected chi connectivity index (χ3v) is 5.53. The van der Waals surface area contributed by atoms with Crippen molar-refractivity contribution in [2.45, 2.75) is 51.5 Å². The third-order valence-electron chi connectivity index (χ3n) is 5.53. The normalized spacial score (nSPS) is 21.2. The Morgan fingerprint density at radius 3 is 2.73 bits per heavy atom. The molecule has 5 nitrogen and oxygen atoms in total. The number of rotatable bonds is 7. The molecule has 0 spiro atoms. The summed E-state index contributed by atoms with van der Waals surface area (Å²) in [6, 6.07) is 6.23. The number of nitrogens with zero attached hydrogens (tertiary/aromatic N) is 2. The van der Waals surface area contributed by atoms with Crippen LogP contribution >= 0.6 is 0 Å². The highest BCUT2D eigenvalue weighted by molar-refractivity contribution is 5.97. The van der Waals surface area contributed by atoms with E-state index in [4.69, 9.17) is 10.5 Å². The highest BCUT2D eigenvalue weighted by Crippen LogP contribution is 2.27. The molecule has 1 atom stereocenters. The number of aryl methyl sites for hydroxylation is 1. The smallest absolute Gasteiger partial charge is 0.257 e. The van der Waals surface area contributed by atoms with Gasteiger partial charge in [-0.3, -0.25) is 4.79 Å². The van der Waals surface area contributed by atoms with Gasteiger partial charge in [0.1, 0.15) is 5.75 Å². The van der Waals surface area contributed by atoms with E-state index in [2.05, 4.69) is 9.80 Å². The lowest BCUT2D eigenvalue weighted by Crippen LogP contribution is -2.49. The van der Waals surface area contributed by atoms with E-state index in [9.17, 15) is 4.79 Å². The first-order valence-electron chi connectivity index (χ1n) is 10.2. The fraction of sp³-hybridized carbons (Fsp3) is 0.667. The number of carbonyl (C=O) groups is 1. The summed E-state index contributed by atoms with van der Waals surface area (Å²) < 4.78 is 5.90. The topological polar surface area (TPSA) is 58.8 Å². The number of benzene rings is 1. The minimum absolute atomic E-state index is 0.122. The van der Waals surface area contributed by atoms with E-state index in [1.807, 2.05) is 25.1 Å². The number of ether oxygens (including phenoxy) is 1. The molecule has 2 saturated heterocycles. The van der Waals surface area contributed by atoms with Gasteiger partial charge in [-0.05, 0) is 82.8 Å². The summed E-state index contributed by atoms with van der Waals surface area (Å²) in [4.78, 5) is 18.0. The molecule has 0 bridgehead atoms. The number of carbonyl (C=O) groups excluding carboxylic acids is 1. The summed E-state index contributed by atoms with van der Waals surface area (Å²) in [6.45, 7) is 7.40. The molecule has 144 valence electrons. The average Bonchev–Trinajstić information content (AvgIpc) is 3.15. The van der Waals surface area contributed by atoms with E-state index in [0.29, 0.717) is 30.5 Å². The van der Waals surface area contributed by atoms with Gasteiger partial charge >= 0.3 is 0 Å². The molecule has 1 amide bonds. The van der Waals surface area contributed by atoms with Gasteiger partial charge in [-0.2, -0.15) is 0 Å². The molecule has 3 rings (SSSR count). The van der Waals surface area contributed by atoms with E-state index in [-0.39, 0.29) is 5.91 Å². The summed E-state index contributed by atoms with van der Waals surface area (Å²) in [7, 11) is 0. The van der Waals surface area contributed by atoms with Crippen molar-refractivity contribution in [3.63, 3.8) is 0 Å². The van der Waals surface area contributed by atoms with Crippen LogP contribution in [0.25, 0.3) is 0 Å². The van der Waals surface area contributed by atoms with Gasteiger partial charge in [-0.15, -0.1) is 0 Å². The predicted molar refractivity (Wildman–Crippen MR) is 105 cm³/mol. The lowest BCUT2D eigenvalue weighted by molar-refractivity contribution is 0.0556. The summed E-state index contributed by atoms with van der Waals surface area (Å²) in [5.74, 6) is 0.825. The van der Waals surface area contributed by atoms with Crippen molar-refractivity contribution in [3.8, 4) is 5.75 Å². The number of likely N-dealkylation sites (tertiary alicyclic amines) is 2. The van der Waals surface area contributed by atoms with Gasteiger partial charge in [0.25, 0.3) is 5.91 Å². The molecule has 0 aromatic heterocycles. The van der Waals surface area contributed by atoms with Crippen LogP contribution in [-0.2, 0) is 0 Å². The minimum atomic E-state index is 0.122. The molecule has 0 aliphatic carbocycles. The second-order valence-electron chi connectivity index (χ2n) is 7.65. The van der Waals surface area contributed by atoms with Crippen LogP contribution in [0.15, 0.2) is 18.2 Å². The molecule has 1 aromatic carbocycles. The van der Waals surface area contributed by atoms with E-state index < -0.39 is 0 Å². The summed E-state index contributed by atoms with van der Waals surface area (Å²) in [5.41, 5.74) is 7.38. The maximum absolute atomic E-state index is 13.4. The van der Waals surface area contributed by atoms with Gasteiger partial charge in [0.2, 0.25) is 0 Å². The Balaban J connectivity index is 1.75. The predicted octanol–water partition coefficient (Wildman–Crippen LogP) is 2.81. The van der Waals surface area contributed by atoms with E-state index in [0.717, 1.165) is 37.9 Å². The van der Waals surface area contributed by atoms with Gasteiger partial charge in [0.05, 0.1) is 12.2 Å². The number of hydrogen-bond acceptors (Lipinski definition) is 4. The van der Waals surface area contributed by atoms with Crippen LogP contribution in [0.3, 0.4) is 0 Å². The van der Waals surface area contributed by atoms with Crippen molar-refractivity contribution in [1.82, 2.24) is 9.80 Å². The molecular weight excluding hydrogens is 326 g/mol. The standard InChI is InChI=1S/C21H33N3O2/c1-17-8-9-19(20(15-17)26-14-6-10-22)21(25)24-13-3-2-7-18(24)16-23-11-4-5-12-23/h8-9,15,18H,2-7,10-14,16,22H2,1H3/t18-/m1/s1. The van der Waals surface area contributed by atoms with Crippen molar-refractivity contribution in [2.24, 2.45) is 5.73 Å². The van der Waals surface area contributed by atoms with Gasteiger partial charge in [-0.1, -0.05) is 6.07 Å². The Morgan fingerprint density at radius 1 is 1.19 bits per heavy atom. The molecular formula is C21H33N3O2. The van der Waals surface area contributed by atoms with Crippen LogP contribution in [0.1, 0.15) is 54.4 Å². The Bertz CT molecular complexity index is 599. The zero-order valence-electron chi connectivity index (χ0n) is 16.1. The molecule has 0 saturated carbocycles. The first kappa shape index (κ1) is 19.2. The van der Waals surface area contributed by atoms with E-state index >= 15 is 0 Å². The number of piperidine rings is 1. The number of amides is 1. The summed E-state index contributed by atoms with van der Waals surface area (Å²) in [5, 5.41) is 0. The SMILES string of the molecule is Cc1ccc(C(=O)N2CCCC[C@@H]2CN2CCCC2)c(OCCCN)c1. The highest BCUT2D eigenvalue weighted by atomic mass is 16.5. The van der Waals surface area contributed by atoms with Crippen LogP contribution in [0, 0.1) is 6.92 Å². The quantitative estimate of drug-likeness (QED) is 0.761. The lowest BCUT2D eigenvalue weighted by atomic mass is 9.99. The first-order valence-corrected chi connectivity index (χ1v) is 10.2. The second-order valence-corrected chi connectivity index (χ2v) is 7.65. The number of hydrogen-bond donors (Lipinski definition) is 1. The molecule has 2 aliphatic heterocycles. The Morgan fingerprint density at radius 2 is 1.96 bits per heavy atom. The maximum atomic E-state index is 13.4. The maximum Gasteiger partial charge on any atom is 0.257 e. The molecule has 26 heavy (non-hydrogen) atoms. The Labute approximate surface area is 157 Å². The molecule has 2 N–H and O–H groups in total. The van der Waals surface area contributed by atoms with Crippen LogP contribution in [0.4, 0.5) is 0 Å². The summed E-state index contributed by atoms with van der Waals surface area (Å²) >= 11 is 0. The van der Waals surface area contributed by atoms with Crippen LogP contribution in [0.2, 0.25) is 0 Å². The zero-order valence-corrected chi connectivity index (χ0v) is 16.1. The van der Waals surface area contributed by atoms with E-state index in [1.165, 1.54) is 32.4 Å². The fourth-order valence-electron chi connectivity index (χ4n) is 4.07. The molecule has 2 fully saturated rings. The molecule has 0 radical (unpaired) electrons. The van der Waals surface area contributed by atoms with Gasteiger partial charge in [-0.25, -0.2) is 0 Å². The van der Waals surface area contributed by atoms with Crippen LogP contribution in [-0.4, -0.2) is 61.1 Å². The van der Waals surface area contributed by atoms with E-state index in [1.54, 1.807) is 0 Å². The van der Waals surface area contributed by atoms with Gasteiger partial charge in [0, 0.05) is 19.1 Å². The average molecular weight is 360 g/mol. The van der Waals surface area contributed by atoms with Crippen molar-refractivity contribution in [2.75, 3.05) is 39.3 Å². The third kappa shape index (κ3) is 4.77. The highest BCUT2D eigenvalue weighted by Gasteiger charge is 2.31. The molecule has 5 heteroatoms. The molecule has 2 aliphatic rings. The van der Waals surface area contributed by atoms with Crippen molar-refractivity contribution in [1.29, 1.82) is 0 Å². The second kappa shape index (κ2) is 9.38. The monoisotopic (exact) mass is 359 g/mol. The van der Waals surface area contributed by atoms with Crippen LogP contribution in [0.5, 0.6) is 5.75 Å². The summed E-state index contributed by atoms with van der Waals surface area (Å²) in [6.07, 6.45) is 6.80. The molecule has 1 aromatic rings.